The van der Waals surface area contributed by atoms with Gasteiger partial charge in [-0.15, -0.1) is 0 Å². The first-order chi connectivity index (χ1) is 8.20. The number of rotatable bonds is 4. The van der Waals surface area contributed by atoms with Crippen LogP contribution in [-0.2, 0) is 6.42 Å². The third-order valence-corrected chi connectivity index (χ3v) is 4.98. The van der Waals surface area contributed by atoms with Gasteiger partial charge >= 0.3 is 0 Å². The van der Waals surface area contributed by atoms with Gasteiger partial charge in [0.25, 0.3) is 0 Å². The van der Waals surface area contributed by atoms with Crippen molar-refractivity contribution in [2.24, 2.45) is 11.8 Å². The van der Waals surface area contributed by atoms with Crippen LogP contribution in [0.3, 0.4) is 0 Å². The Morgan fingerprint density at radius 1 is 1.29 bits per heavy atom. The fourth-order valence-corrected chi connectivity index (χ4v) is 4.01. The van der Waals surface area contributed by atoms with Gasteiger partial charge in [0.2, 0.25) is 0 Å². The van der Waals surface area contributed by atoms with Gasteiger partial charge in [-0.25, -0.2) is 0 Å². The first kappa shape index (κ1) is 12.9. The second-order valence-corrected chi connectivity index (χ2v) is 6.32. The molecule has 94 valence electrons. The van der Waals surface area contributed by atoms with Crippen LogP contribution in [0.15, 0.2) is 24.3 Å². The highest BCUT2D eigenvalue weighted by Gasteiger charge is 2.29. The van der Waals surface area contributed by atoms with Crippen molar-refractivity contribution >= 4 is 15.9 Å². The van der Waals surface area contributed by atoms with E-state index in [1.54, 1.807) is 7.11 Å². The topological polar surface area (TPSA) is 9.23 Å². The Labute approximate surface area is 113 Å². The Balaban J connectivity index is 1.95. The molecule has 2 rings (SSSR count). The van der Waals surface area contributed by atoms with Gasteiger partial charge in [-0.3, -0.25) is 0 Å². The van der Waals surface area contributed by atoms with Crippen LogP contribution in [0.25, 0.3) is 0 Å². The molecule has 1 saturated carbocycles. The molecule has 0 saturated heterocycles. The van der Waals surface area contributed by atoms with Crippen molar-refractivity contribution < 1.29 is 4.74 Å². The highest BCUT2D eigenvalue weighted by atomic mass is 79.9. The zero-order valence-electron chi connectivity index (χ0n) is 10.7. The van der Waals surface area contributed by atoms with Gasteiger partial charge in [-0.05, 0) is 42.4 Å². The Kier molecular flexibility index (Phi) is 4.49. The van der Waals surface area contributed by atoms with E-state index in [-0.39, 0.29) is 0 Å². The highest BCUT2D eigenvalue weighted by Crippen LogP contribution is 2.37. The molecule has 17 heavy (non-hydrogen) atoms. The minimum absolute atomic E-state index is 0.619. The second-order valence-electron chi connectivity index (χ2n) is 5.14. The third kappa shape index (κ3) is 3.25. The van der Waals surface area contributed by atoms with E-state index in [9.17, 15) is 0 Å². The second kappa shape index (κ2) is 5.90. The number of hydrogen-bond acceptors (Lipinski definition) is 1. The lowest BCUT2D eigenvalue weighted by Crippen LogP contribution is -2.19. The van der Waals surface area contributed by atoms with E-state index >= 15 is 0 Å². The van der Waals surface area contributed by atoms with Crippen molar-refractivity contribution in [3.05, 3.63) is 29.8 Å². The molecule has 1 aliphatic carbocycles. The molecule has 3 atom stereocenters. The summed E-state index contributed by atoms with van der Waals surface area (Å²) < 4.78 is 5.18. The molecule has 1 nitrogen and oxygen atoms in total. The van der Waals surface area contributed by atoms with E-state index < -0.39 is 0 Å². The van der Waals surface area contributed by atoms with Gasteiger partial charge in [-0.1, -0.05) is 47.8 Å². The Bertz CT molecular complexity index is 346. The standard InChI is InChI=1S/C15H21BrO/c1-11-4-3-5-14(11)15(16)10-12-6-8-13(17-2)9-7-12/h6-9,11,14-15H,3-5,10H2,1-2H3. The SMILES string of the molecule is COc1ccc(CC(Br)C2CCCC2C)cc1. The summed E-state index contributed by atoms with van der Waals surface area (Å²) in [7, 11) is 1.71. The van der Waals surface area contributed by atoms with Gasteiger partial charge in [-0.2, -0.15) is 0 Å². The summed E-state index contributed by atoms with van der Waals surface area (Å²) in [5.74, 6) is 2.66. The van der Waals surface area contributed by atoms with Crippen molar-refractivity contribution in [3.8, 4) is 5.75 Å². The highest BCUT2D eigenvalue weighted by molar-refractivity contribution is 9.09. The van der Waals surface area contributed by atoms with Gasteiger partial charge < -0.3 is 4.74 Å². The molecular weight excluding hydrogens is 276 g/mol. The molecule has 0 bridgehead atoms. The average Bonchev–Trinajstić information content (AvgIpc) is 2.76. The monoisotopic (exact) mass is 296 g/mol. The van der Waals surface area contributed by atoms with E-state index in [0.717, 1.165) is 24.0 Å². The number of benzene rings is 1. The average molecular weight is 297 g/mol. The predicted octanol–water partition coefficient (Wildman–Crippen LogP) is 4.44. The van der Waals surface area contributed by atoms with Crippen LogP contribution in [0.1, 0.15) is 31.7 Å². The molecule has 0 heterocycles. The molecule has 0 aliphatic heterocycles. The fraction of sp³-hybridized carbons (Fsp3) is 0.600. The van der Waals surface area contributed by atoms with Gasteiger partial charge in [0, 0.05) is 4.83 Å². The third-order valence-electron chi connectivity index (χ3n) is 3.98. The number of hydrogen-bond donors (Lipinski definition) is 0. The maximum Gasteiger partial charge on any atom is 0.118 e. The number of alkyl halides is 1. The van der Waals surface area contributed by atoms with Crippen LogP contribution in [0.5, 0.6) is 5.75 Å². The lowest BCUT2D eigenvalue weighted by atomic mass is 9.91. The summed E-state index contributed by atoms with van der Waals surface area (Å²) in [4.78, 5) is 0.619. The van der Waals surface area contributed by atoms with E-state index in [1.807, 2.05) is 12.1 Å². The van der Waals surface area contributed by atoms with Gasteiger partial charge in [0.15, 0.2) is 0 Å². The molecule has 0 spiro atoms. The van der Waals surface area contributed by atoms with Gasteiger partial charge in [0.1, 0.15) is 5.75 Å². The number of halogens is 1. The Morgan fingerprint density at radius 3 is 2.53 bits per heavy atom. The molecule has 3 unspecified atom stereocenters. The summed E-state index contributed by atoms with van der Waals surface area (Å²) in [6, 6.07) is 8.44. The summed E-state index contributed by atoms with van der Waals surface area (Å²) in [5, 5.41) is 0. The summed E-state index contributed by atoms with van der Waals surface area (Å²) >= 11 is 3.89. The van der Waals surface area contributed by atoms with Gasteiger partial charge in [0.05, 0.1) is 7.11 Å². The zero-order chi connectivity index (χ0) is 12.3. The smallest absolute Gasteiger partial charge is 0.118 e. The predicted molar refractivity (Wildman–Crippen MR) is 75.9 cm³/mol. The number of ether oxygens (including phenoxy) is 1. The Hall–Kier alpha value is -0.500. The van der Waals surface area contributed by atoms with Crippen molar-refractivity contribution in [2.75, 3.05) is 7.11 Å². The minimum atomic E-state index is 0.619. The molecule has 1 aromatic carbocycles. The molecule has 1 aromatic rings. The van der Waals surface area contributed by atoms with Crippen molar-refractivity contribution in [2.45, 2.75) is 37.4 Å². The molecule has 0 N–H and O–H groups in total. The maximum atomic E-state index is 5.18. The van der Waals surface area contributed by atoms with Crippen molar-refractivity contribution in [1.29, 1.82) is 0 Å². The first-order valence-corrected chi connectivity index (χ1v) is 7.39. The normalized spacial score (nSPS) is 25.8. The zero-order valence-corrected chi connectivity index (χ0v) is 12.2. The molecule has 0 radical (unpaired) electrons. The largest absolute Gasteiger partial charge is 0.497 e. The molecule has 0 aromatic heterocycles. The van der Waals surface area contributed by atoms with Crippen molar-refractivity contribution in [3.63, 3.8) is 0 Å². The molecular formula is C15H21BrO. The van der Waals surface area contributed by atoms with Crippen LogP contribution in [0, 0.1) is 11.8 Å². The molecule has 2 heteroatoms. The summed E-state index contributed by atoms with van der Waals surface area (Å²) in [6.45, 7) is 2.39. The lowest BCUT2D eigenvalue weighted by Gasteiger charge is -2.21. The maximum absolute atomic E-state index is 5.18. The summed E-state index contributed by atoms with van der Waals surface area (Å²) in [5.41, 5.74) is 1.40. The quantitative estimate of drug-likeness (QED) is 0.747. The lowest BCUT2D eigenvalue weighted by molar-refractivity contribution is 0.406. The van der Waals surface area contributed by atoms with Crippen LogP contribution in [0.2, 0.25) is 0 Å². The first-order valence-electron chi connectivity index (χ1n) is 6.47. The Morgan fingerprint density at radius 2 is 2.00 bits per heavy atom. The minimum Gasteiger partial charge on any atom is -0.497 e. The van der Waals surface area contributed by atoms with Crippen molar-refractivity contribution in [1.82, 2.24) is 0 Å². The van der Waals surface area contributed by atoms with Crippen LogP contribution in [-0.4, -0.2) is 11.9 Å². The van der Waals surface area contributed by atoms with Crippen LogP contribution in [0.4, 0.5) is 0 Å². The van der Waals surface area contributed by atoms with E-state index in [2.05, 4.69) is 35.0 Å². The van der Waals surface area contributed by atoms with E-state index in [1.165, 1.54) is 24.8 Å². The summed E-state index contributed by atoms with van der Waals surface area (Å²) in [6.07, 6.45) is 5.30. The van der Waals surface area contributed by atoms with E-state index in [4.69, 9.17) is 4.74 Å². The fourth-order valence-electron chi connectivity index (χ4n) is 2.85. The van der Waals surface area contributed by atoms with Crippen LogP contribution >= 0.6 is 15.9 Å². The van der Waals surface area contributed by atoms with Crippen LogP contribution < -0.4 is 4.74 Å². The number of methoxy groups -OCH3 is 1. The molecule has 1 fully saturated rings. The van der Waals surface area contributed by atoms with E-state index in [0.29, 0.717) is 4.83 Å². The molecule has 1 aliphatic rings. The molecule has 0 amide bonds.